The predicted octanol–water partition coefficient (Wildman–Crippen LogP) is 0.415. The number of pyridine rings is 1. The Balaban J connectivity index is 1.66. The van der Waals surface area contributed by atoms with Gasteiger partial charge in [0.1, 0.15) is 0 Å². The molecule has 7 heteroatoms. The lowest BCUT2D eigenvalue weighted by atomic mass is 10.2. The van der Waals surface area contributed by atoms with E-state index in [9.17, 15) is 8.42 Å². The molecule has 0 radical (unpaired) electrons. The van der Waals surface area contributed by atoms with Crippen molar-refractivity contribution in [3.8, 4) is 0 Å². The van der Waals surface area contributed by atoms with E-state index in [0.717, 1.165) is 25.3 Å². The monoisotopic (exact) mass is 310 g/mol. The number of sulfonamides is 1. The fourth-order valence-corrected chi connectivity index (χ4v) is 3.48. The number of hydrogen-bond acceptors (Lipinski definition) is 5. The van der Waals surface area contributed by atoms with Crippen molar-refractivity contribution in [1.82, 2.24) is 14.6 Å². The number of rotatable bonds is 5. The summed E-state index contributed by atoms with van der Waals surface area (Å²) in [6.07, 6.45) is 7.53. The smallest absolute Gasteiger partial charge is 0.211 e. The van der Waals surface area contributed by atoms with Gasteiger partial charge >= 0.3 is 0 Å². The first-order chi connectivity index (χ1) is 10.0. The Morgan fingerprint density at radius 1 is 1.29 bits per heavy atom. The number of piperazine rings is 1. The van der Waals surface area contributed by atoms with E-state index >= 15 is 0 Å². The maximum Gasteiger partial charge on any atom is 0.211 e. The van der Waals surface area contributed by atoms with Crippen LogP contribution in [0.4, 0.5) is 5.69 Å². The second-order valence-electron chi connectivity index (χ2n) is 5.81. The van der Waals surface area contributed by atoms with Gasteiger partial charge in [-0.1, -0.05) is 0 Å². The lowest BCUT2D eigenvalue weighted by Gasteiger charge is -2.35. The molecule has 1 N–H and O–H groups in total. The molecule has 1 aliphatic carbocycles. The summed E-state index contributed by atoms with van der Waals surface area (Å²) in [6, 6.07) is 2.72. The van der Waals surface area contributed by atoms with E-state index in [1.807, 2.05) is 18.5 Å². The van der Waals surface area contributed by atoms with Gasteiger partial charge in [0.25, 0.3) is 0 Å². The summed E-state index contributed by atoms with van der Waals surface area (Å²) >= 11 is 0. The van der Waals surface area contributed by atoms with Crippen LogP contribution in [0.25, 0.3) is 0 Å². The molecular weight excluding hydrogens is 288 g/mol. The van der Waals surface area contributed by atoms with E-state index in [4.69, 9.17) is 0 Å². The third kappa shape index (κ3) is 3.72. The fourth-order valence-electron chi connectivity index (χ4n) is 2.65. The highest BCUT2D eigenvalue weighted by Crippen LogP contribution is 2.24. The van der Waals surface area contributed by atoms with Crippen LogP contribution in [0.2, 0.25) is 0 Å². The van der Waals surface area contributed by atoms with Crippen LogP contribution >= 0.6 is 0 Å². The van der Waals surface area contributed by atoms with Crippen molar-refractivity contribution in [2.24, 2.45) is 0 Å². The lowest BCUT2D eigenvalue weighted by Crippen LogP contribution is -2.48. The van der Waals surface area contributed by atoms with E-state index in [-0.39, 0.29) is 0 Å². The van der Waals surface area contributed by atoms with Crippen LogP contribution < -0.4 is 10.2 Å². The molecule has 1 aromatic heterocycles. The fraction of sp³-hybridized carbons (Fsp3) is 0.643. The van der Waals surface area contributed by atoms with E-state index in [1.54, 1.807) is 4.31 Å². The Kier molecular flexibility index (Phi) is 4.14. The van der Waals surface area contributed by atoms with Gasteiger partial charge in [0.2, 0.25) is 10.0 Å². The van der Waals surface area contributed by atoms with E-state index in [1.165, 1.54) is 24.7 Å². The largest absolute Gasteiger partial charge is 0.367 e. The SMILES string of the molecule is CS(=O)(=O)N1CCN(c2cnccc2CNC2CC2)CC1. The molecule has 2 aliphatic rings. The topological polar surface area (TPSA) is 65.5 Å². The molecule has 1 saturated heterocycles. The third-order valence-electron chi connectivity index (χ3n) is 4.09. The summed E-state index contributed by atoms with van der Waals surface area (Å²) in [4.78, 5) is 6.46. The second-order valence-corrected chi connectivity index (χ2v) is 7.79. The first-order valence-corrected chi connectivity index (χ1v) is 9.25. The summed E-state index contributed by atoms with van der Waals surface area (Å²) < 4.78 is 24.7. The van der Waals surface area contributed by atoms with Crippen molar-refractivity contribution in [1.29, 1.82) is 0 Å². The molecule has 0 spiro atoms. The van der Waals surface area contributed by atoms with Gasteiger partial charge in [0, 0.05) is 45.0 Å². The van der Waals surface area contributed by atoms with E-state index in [2.05, 4.69) is 15.2 Å². The normalized spacial score (nSPS) is 20.7. The minimum Gasteiger partial charge on any atom is -0.367 e. The standard InChI is InChI=1S/C14H22N4O2S/c1-21(19,20)18-8-6-17(7-9-18)14-11-15-5-4-12(14)10-16-13-2-3-13/h4-5,11,13,16H,2-3,6-10H2,1H3. The van der Waals surface area contributed by atoms with Crippen LogP contribution in [0, 0.1) is 0 Å². The average Bonchev–Trinajstić information content (AvgIpc) is 3.29. The molecule has 0 aromatic carbocycles. The molecule has 0 amide bonds. The molecule has 0 bridgehead atoms. The average molecular weight is 310 g/mol. The predicted molar refractivity (Wildman–Crippen MR) is 82.7 cm³/mol. The Morgan fingerprint density at radius 2 is 2.00 bits per heavy atom. The Bertz CT molecular complexity index is 593. The van der Waals surface area contributed by atoms with Crippen molar-refractivity contribution < 1.29 is 8.42 Å². The summed E-state index contributed by atoms with van der Waals surface area (Å²) in [5.41, 5.74) is 2.36. The lowest BCUT2D eigenvalue weighted by molar-refractivity contribution is 0.387. The van der Waals surface area contributed by atoms with Crippen molar-refractivity contribution >= 4 is 15.7 Å². The molecule has 1 saturated carbocycles. The van der Waals surface area contributed by atoms with Crippen molar-refractivity contribution in [2.45, 2.75) is 25.4 Å². The van der Waals surface area contributed by atoms with Gasteiger partial charge in [-0.05, 0) is 24.5 Å². The molecule has 6 nitrogen and oxygen atoms in total. The van der Waals surface area contributed by atoms with Crippen LogP contribution in [0.1, 0.15) is 18.4 Å². The molecule has 1 aliphatic heterocycles. The van der Waals surface area contributed by atoms with Crippen LogP contribution in [-0.4, -0.2) is 56.2 Å². The third-order valence-corrected chi connectivity index (χ3v) is 5.40. The van der Waals surface area contributed by atoms with Gasteiger partial charge in [-0.25, -0.2) is 8.42 Å². The van der Waals surface area contributed by atoms with Gasteiger partial charge in [0.15, 0.2) is 0 Å². The minimum atomic E-state index is -3.08. The van der Waals surface area contributed by atoms with Crippen molar-refractivity contribution in [2.75, 3.05) is 37.3 Å². The molecule has 1 aromatic rings. The zero-order valence-corrected chi connectivity index (χ0v) is 13.1. The van der Waals surface area contributed by atoms with Crippen LogP contribution in [0.5, 0.6) is 0 Å². The highest BCUT2D eigenvalue weighted by atomic mass is 32.2. The summed E-state index contributed by atoms with van der Waals surface area (Å²) in [5.74, 6) is 0. The van der Waals surface area contributed by atoms with Crippen LogP contribution in [-0.2, 0) is 16.6 Å². The Hall–Kier alpha value is -1.18. The number of anilines is 1. The van der Waals surface area contributed by atoms with Gasteiger partial charge in [-0.3, -0.25) is 4.98 Å². The maximum atomic E-state index is 11.6. The number of aromatic nitrogens is 1. The van der Waals surface area contributed by atoms with Gasteiger partial charge < -0.3 is 10.2 Å². The van der Waals surface area contributed by atoms with Crippen molar-refractivity contribution in [3.05, 3.63) is 24.0 Å². The highest BCUT2D eigenvalue weighted by Gasteiger charge is 2.25. The molecular formula is C14H22N4O2S. The maximum absolute atomic E-state index is 11.6. The molecule has 0 unspecified atom stereocenters. The molecule has 116 valence electrons. The first kappa shape index (κ1) is 14.7. The molecule has 2 heterocycles. The molecule has 21 heavy (non-hydrogen) atoms. The van der Waals surface area contributed by atoms with Gasteiger partial charge in [-0.15, -0.1) is 0 Å². The highest BCUT2D eigenvalue weighted by molar-refractivity contribution is 7.88. The van der Waals surface area contributed by atoms with Gasteiger partial charge in [-0.2, -0.15) is 4.31 Å². The van der Waals surface area contributed by atoms with E-state index in [0.29, 0.717) is 19.1 Å². The molecule has 0 atom stereocenters. The number of nitrogens with one attached hydrogen (secondary N) is 1. The first-order valence-electron chi connectivity index (χ1n) is 7.40. The Morgan fingerprint density at radius 3 is 2.62 bits per heavy atom. The van der Waals surface area contributed by atoms with Gasteiger partial charge in [0.05, 0.1) is 18.1 Å². The van der Waals surface area contributed by atoms with Crippen LogP contribution in [0.3, 0.4) is 0 Å². The zero-order chi connectivity index (χ0) is 14.9. The van der Waals surface area contributed by atoms with E-state index < -0.39 is 10.0 Å². The van der Waals surface area contributed by atoms with Crippen LogP contribution in [0.15, 0.2) is 18.5 Å². The second kappa shape index (κ2) is 5.90. The number of nitrogens with zero attached hydrogens (tertiary/aromatic N) is 3. The van der Waals surface area contributed by atoms with Crippen molar-refractivity contribution in [3.63, 3.8) is 0 Å². The molecule has 2 fully saturated rings. The zero-order valence-electron chi connectivity index (χ0n) is 12.3. The molecule has 3 rings (SSSR count). The summed E-state index contributed by atoms with van der Waals surface area (Å²) in [6.45, 7) is 3.38. The number of hydrogen-bond donors (Lipinski definition) is 1. The summed E-state index contributed by atoms with van der Waals surface area (Å²) in [5, 5.41) is 3.52. The Labute approximate surface area is 126 Å². The summed E-state index contributed by atoms with van der Waals surface area (Å²) in [7, 11) is -3.08. The minimum absolute atomic E-state index is 0.545. The quantitative estimate of drug-likeness (QED) is 0.853.